The normalized spacial score (nSPS) is 34.0. The van der Waals surface area contributed by atoms with Gasteiger partial charge in [0.05, 0.1) is 12.6 Å². The fourth-order valence-electron chi connectivity index (χ4n) is 5.55. The minimum absolute atomic E-state index is 0.202. The van der Waals surface area contributed by atoms with Gasteiger partial charge in [0, 0.05) is 43.9 Å². The number of fused-ring (bicyclic) bond motifs is 3. The Morgan fingerprint density at radius 3 is 2.74 bits per heavy atom. The van der Waals surface area contributed by atoms with Gasteiger partial charge >= 0.3 is 0 Å². The number of benzene rings is 1. The lowest BCUT2D eigenvalue weighted by Gasteiger charge is -2.34. The molecule has 1 aromatic rings. The molecular formula is C23H25NO3. The molecule has 27 heavy (non-hydrogen) atoms. The molecule has 0 radical (unpaired) electrons. The van der Waals surface area contributed by atoms with Crippen LogP contribution in [0.2, 0.25) is 0 Å². The maximum atomic E-state index is 6.40. The molecule has 1 aliphatic carbocycles. The van der Waals surface area contributed by atoms with Crippen molar-refractivity contribution in [1.29, 1.82) is 0 Å². The van der Waals surface area contributed by atoms with Gasteiger partial charge in [0.1, 0.15) is 5.60 Å². The molecule has 0 N–H and O–H groups in total. The summed E-state index contributed by atoms with van der Waals surface area (Å²) in [4.78, 5) is 2.58. The van der Waals surface area contributed by atoms with Gasteiger partial charge in [0.25, 0.3) is 0 Å². The number of hydrogen-bond acceptors (Lipinski definition) is 4. The largest absolute Gasteiger partial charge is 0.364 e. The lowest BCUT2D eigenvalue weighted by molar-refractivity contribution is -0.144. The Kier molecular flexibility index (Phi) is 4.22. The molecule has 2 fully saturated rings. The Bertz CT molecular complexity index is 845. The van der Waals surface area contributed by atoms with Crippen LogP contribution in [-0.2, 0) is 14.2 Å². The summed E-state index contributed by atoms with van der Waals surface area (Å²) in [7, 11) is 3.46. The second-order valence-corrected chi connectivity index (χ2v) is 7.73. The number of methoxy groups -OCH3 is 2. The van der Waals surface area contributed by atoms with Crippen molar-refractivity contribution in [3.05, 3.63) is 59.2 Å². The molecule has 5 rings (SSSR count). The second-order valence-electron chi connectivity index (χ2n) is 7.73. The summed E-state index contributed by atoms with van der Waals surface area (Å²) in [5.41, 5.74) is 3.26. The standard InChI is InChI=1S/C23H25NO3/c1-25-22(26-2)20-10-11-21-23-15-18(24(20)21)14-17(19(23)12-13-27-23)9-8-16-6-4-3-5-7-16/h3-7,12,14,18,20-22H,10-11,13,15H2,1-2H3. The number of ether oxygens (including phenoxy) is 3. The Balaban J connectivity index is 1.52. The Morgan fingerprint density at radius 2 is 1.96 bits per heavy atom. The maximum Gasteiger partial charge on any atom is 0.172 e. The summed E-state index contributed by atoms with van der Waals surface area (Å²) in [6, 6.07) is 11.1. The average Bonchev–Trinajstić information content (AvgIpc) is 3.38. The van der Waals surface area contributed by atoms with E-state index in [1.54, 1.807) is 14.2 Å². The van der Waals surface area contributed by atoms with Gasteiger partial charge in [-0.2, -0.15) is 0 Å². The van der Waals surface area contributed by atoms with Crippen LogP contribution >= 0.6 is 0 Å². The lowest BCUT2D eigenvalue weighted by atomic mass is 9.77. The van der Waals surface area contributed by atoms with Crippen LogP contribution in [0.5, 0.6) is 0 Å². The predicted molar refractivity (Wildman–Crippen MR) is 103 cm³/mol. The van der Waals surface area contributed by atoms with Gasteiger partial charge in [-0.05, 0) is 30.5 Å². The summed E-state index contributed by atoms with van der Waals surface area (Å²) in [5.74, 6) is 6.77. The van der Waals surface area contributed by atoms with Crippen molar-refractivity contribution in [1.82, 2.24) is 4.90 Å². The van der Waals surface area contributed by atoms with E-state index in [-0.39, 0.29) is 17.9 Å². The van der Waals surface area contributed by atoms with E-state index in [2.05, 4.69) is 41.0 Å². The molecule has 1 aromatic carbocycles. The highest BCUT2D eigenvalue weighted by molar-refractivity contribution is 5.59. The first kappa shape index (κ1) is 17.2. The van der Waals surface area contributed by atoms with Crippen molar-refractivity contribution in [2.75, 3.05) is 20.8 Å². The third-order valence-corrected chi connectivity index (χ3v) is 6.54. The highest BCUT2D eigenvalue weighted by Gasteiger charge is 2.63. The molecule has 4 unspecified atom stereocenters. The first-order valence-electron chi connectivity index (χ1n) is 9.74. The van der Waals surface area contributed by atoms with Crippen molar-refractivity contribution in [3.63, 3.8) is 0 Å². The van der Waals surface area contributed by atoms with Crippen LogP contribution in [0.15, 0.2) is 53.6 Å². The summed E-state index contributed by atoms with van der Waals surface area (Å²) in [5, 5.41) is 0. The molecule has 0 aromatic heterocycles. The van der Waals surface area contributed by atoms with E-state index < -0.39 is 0 Å². The number of nitrogens with zero attached hydrogens (tertiary/aromatic N) is 1. The van der Waals surface area contributed by atoms with Crippen LogP contribution in [0.3, 0.4) is 0 Å². The van der Waals surface area contributed by atoms with Gasteiger partial charge < -0.3 is 14.2 Å². The molecule has 3 aliphatic heterocycles. The molecule has 0 saturated carbocycles. The van der Waals surface area contributed by atoms with Gasteiger partial charge in [0.2, 0.25) is 0 Å². The smallest absolute Gasteiger partial charge is 0.172 e. The third-order valence-electron chi connectivity index (χ3n) is 6.54. The van der Waals surface area contributed by atoms with E-state index in [1.165, 1.54) is 5.57 Å². The Labute approximate surface area is 160 Å². The molecule has 140 valence electrons. The molecule has 1 spiro atoms. The summed E-state index contributed by atoms with van der Waals surface area (Å²) in [6.45, 7) is 0.680. The second kappa shape index (κ2) is 6.61. The average molecular weight is 363 g/mol. The molecule has 4 heteroatoms. The Morgan fingerprint density at radius 1 is 1.15 bits per heavy atom. The van der Waals surface area contributed by atoms with E-state index in [4.69, 9.17) is 14.2 Å². The van der Waals surface area contributed by atoms with Crippen LogP contribution in [-0.4, -0.2) is 55.7 Å². The number of rotatable bonds is 3. The van der Waals surface area contributed by atoms with Crippen LogP contribution in [0.25, 0.3) is 0 Å². The number of hydrogen-bond donors (Lipinski definition) is 0. The predicted octanol–water partition coefficient (Wildman–Crippen LogP) is 2.90. The minimum Gasteiger partial charge on any atom is -0.364 e. The van der Waals surface area contributed by atoms with Crippen molar-refractivity contribution in [2.24, 2.45) is 0 Å². The minimum atomic E-state index is -0.207. The van der Waals surface area contributed by atoms with Crippen LogP contribution in [0, 0.1) is 11.8 Å². The van der Waals surface area contributed by atoms with Crippen molar-refractivity contribution < 1.29 is 14.2 Å². The molecule has 4 nitrogen and oxygen atoms in total. The zero-order valence-corrected chi connectivity index (χ0v) is 15.9. The van der Waals surface area contributed by atoms with E-state index in [0.29, 0.717) is 18.7 Å². The van der Waals surface area contributed by atoms with E-state index in [1.807, 2.05) is 18.2 Å². The van der Waals surface area contributed by atoms with E-state index in [0.717, 1.165) is 30.4 Å². The van der Waals surface area contributed by atoms with Gasteiger partial charge in [-0.3, -0.25) is 4.90 Å². The monoisotopic (exact) mass is 363 g/mol. The Hall–Kier alpha value is -1.90. The summed E-state index contributed by atoms with van der Waals surface area (Å²) in [6.07, 6.45) is 7.57. The molecular weight excluding hydrogens is 338 g/mol. The zero-order valence-electron chi connectivity index (χ0n) is 15.9. The van der Waals surface area contributed by atoms with Gasteiger partial charge in [-0.1, -0.05) is 42.2 Å². The fraction of sp³-hybridized carbons (Fsp3) is 0.478. The van der Waals surface area contributed by atoms with Crippen molar-refractivity contribution in [2.45, 2.75) is 49.3 Å². The van der Waals surface area contributed by atoms with Crippen LogP contribution in [0.4, 0.5) is 0 Å². The maximum absolute atomic E-state index is 6.40. The van der Waals surface area contributed by atoms with Gasteiger partial charge in [-0.15, -0.1) is 0 Å². The first-order valence-corrected chi connectivity index (χ1v) is 9.74. The molecule has 0 amide bonds. The molecule has 2 bridgehead atoms. The van der Waals surface area contributed by atoms with Gasteiger partial charge in [0.15, 0.2) is 6.29 Å². The molecule has 4 atom stereocenters. The lowest BCUT2D eigenvalue weighted by Crippen LogP contribution is -2.48. The highest BCUT2D eigenvalue weighted by atomic mass is 16.7. The van der Waals surface area contributed by atoms with Crippen LogP contribution in [0.1, 0.15) is 24.8 Å². The SMILES string of the molecule is COC(OC)C1CCC2N1C1C=C(C#Cc3ccccc3)C3=CCOC32C1. The quantitative estimate of drug-likeness (QED) is 0.610. The summed E-state index contributed by atoms with van der Waals surface area (Å²) < 4.78 is 17.6. The molecule has 4 aliphatic rings. The van der Waals surface area contributed by atoms with E-state index >= 15 is 0 Å². The van der Waals surface area contributed by atoms with Crippen molar-refractivity contribution >= 4 is 0 Å². The van der Waals surface area contributed by atoms with Crippen LogP contribution < -0.4 is 0 Å². The van der Waals surface area contributed by atoms with E-state index in [9.17, 15) is 0 Å². The summed E-state index contributed by atoms with van der Waals surface area (Å²) >= 11 is 0. The molecule has 2 saturated heterocycles. The topological polar surface area (TPSA) is 30.9 Å². The zero-order chi connectivity index (χ0) is 18.4. The van der Waals surface area contributed by atoms with Gasteiger partial charge in [-0.25, -0.2) is 0 Å². The van der Waals surface area contributed by atoms with Crippen molar-refractivity contribution in [3.8, 4) is 11.8 Å². The fourth-order valence-corrected chi connectivity index (χ4v) is 5.55. The first-order chi connectivity index (χ1) is 13.3. The molecule has 3 heterocycles. The third kappa shape index (κ3) is 2.54. The highest BCUT2D eigenvalue weighted by Crippen LogP contribution is 2.55.